The summed E-state index contributed by atoms with van der Waals surface area (Å²) in [6.07, 6.45) is 11.8. The van der Waals surface area contributed by atoms with E-state index >= 15 is 0 Å². The van der Waals surface area contributed by atoms with Crippen LogP contribution in [0.5, 0.6) is 0 Å². The van der Waals surface area contributed by atoms with Gasteiger partial charge >= 0.3 is 0 Å². The summed E-state index contributed by atoms with van der Waals surface area (Å²) in [4.78, 5) is 0. The van der Waals surface area contributed by atoms with Gasteiger partial charge < -0.3 is 24.8 Å². The summed E-state index contributed by atoms with van der Waals surface area (Å²) in [7, 11) is 0. The number of ether oxygens (including phenoxy) is 2. The third-order valence-corrected chi connectivity index (χ3v) is 4.41. The van der Waals surface area contributed by atoms with Gasteiger partial charge in [-0.25, -0.2) is 0 Å². The van der Waals surface area contributed by atoms with Crippen LogP contribution in [0.2, 0.25) is 0 Å². The highest BCUT2D eigenvalue weighted by Crippen LogP contribution is 2.17. The number of aliphatic hydroxyl groups is 3. The molecule has 4 atom stereocenters. The van der Waals surface area contributed by atoms with Crippen molar-refractivity contribution in [1.29, 1.82) is 0 Å². The van der Waals surface area contributed by atoms with Gasteiger partial charge in [0.1, 0.15) is 24.4 Å². The molecule has 0 unspecified atom stereocenters. The van der Waals surface area contributed by atoms with E-state index in [-0.39, 0.29) is 13.2 Å². The molecule has 1 aliphatic rings. The Morgan fingerprint density at radius 2 is 1.71 bits per heavy atom. The fourth-order valence-electron chi connectivity index (χ4n) is 2.83. The second-order valence-corrected chi connectivity index (χ2v) is 6.67. The Morgan fingerprint density at radius 1 is 1.04 bits per heavy atom. The number of unbranched alkanes of at least 4 members (excludes halogenated alkanes) is 7. The summed E-state index contributed by atoms with van der Waals surface area (Å²) in [5, 5.41) is 28.9. The molecule has 0 aliphatic carbocycles. The van der Waals surface area contributed by atoms with E-state index in [9.17, 15) is 15.3 Å². The Morgan fingerprint density at radius 3 is 2.33 bits per heavy atom. The van der Waals surface area contributed by atoms with Crippen LogP contribution >= 0.6 is 0 Å². The molecule has 1 rings (SSSR count). The van der Waals surface area contributed by atoms with Gasteiger partial charge in [-0.3, -0.25) is 0 Å². The Bertz CT molecular complexity index is 321. The first-order valence-corrected chi connectivity index (χ1v) is 9.55. The maximum absolute atomic E-state index is 9.89. The van der Waals surface area contributed by atoms with E-state index < -0.39 is 24.4 Å². The van der Waals surface area contributed by atoms with Crippen molar-refractivity contribution in [2.75, 3.05) is 19.8 Å². The second-order valence-electron chi connectivity index (χ2n) is 6.67. The highest BCUT2D eigenvalue weighted by atomic mass is 16.5. The van der Waals surface area contributed by atoms with Crippen molar-refractivity contribution in [3.05, 3.63) is 12.2 Å². The lowest BCUT2D eigenvalue weighted by Crippen LogP contribution is -2.40. The molecular weight excluding hydrogens is 308 g/mol. The van der Waals surface area contributed by atoms with Gasteiger partial charge in [0.15, 0.2) is 0 Å². The van der Waals surface area contributed by atoms with Crippen molar-refractivity contribution in [2.45, 2.75) is 89.1 Å². The Hall–Kier alpha value is -0.460. The minimum atomic E-state index is -1.03. The third kappa shape index (κ3) is 9.14. The third-order valence-electron chi connectivity index (χ3n) is 4.41. The molecule has 5 heteroatoms. The van der Waals surface area contributed by atoms with E-state index in [2.05, 4.69) is 19.1 Å². The molecule has 1 aliphatic heterocycles. The van der Waals surface area contributed by atoms with Crippen LogP contribution in [0.4, 0.5) is 0 Å². The molecule has 0 aromatic rings. The Labute approximate surface area is 146 Å². The lowest BCUT2D eigenvalue weighted by molar-refractivity contribution is -0.0813. The van der Waals surface area contributed by atoms with Crippen molar-refractivity contribution in [1.82, 2.24) is 0 Å². The van der Waals surface area contributed by atoms with Crippen molar-refractivity contribution in [3.8, 4) is 0 Å². The van der Waals surface area contributed by atoms with Crippen LogP contribution in [0.15, 0.2) is 12.2 Å². The molecule has 1 fully saturated rings. The number of allylic oxidation sites excluding steroid dienone is 2. The van der Waals surface area contributed by atoms with Gasteiger partial charge in [0.05, 0.1) is 13.2 Å². The van der Waals surface area contributed by atoms with Gasteiger partial charge in [-0.1, -0.05) is 44.8 Å². The first-order valence-electron chi connectivity index (χ1n) is 9.55. The van der Waals surface area contributed by atoms with Crippen LogP contribution in [0.3, 0.4) is 0 Å². The first kappa shape index (κ1) is 21.6. The molecule has 0 bridgehead atoms. The molecule has 0 amide bonds. The Balaban J connectivity index is 1.87. The zero-order valence-electron chi connectivity index (χ0n) is 15.1. The molecule has 0 aromatic carbocycles. The SMILES string of the molecule is CCCCC/C=C/CCCCCCOC[C@H](O)[C@@H]1OC[C@@H](O)[C@@H]1O. The largest absolute Gasteiger partial charge is 0.388 e. The minimum Gasteiger partial charge on any atom is -0.388 e. The van der Waals surface area contributed by atoms with Crippen molar-refractivity contribution in [3.63, 3.8) is 0 Å². The summed E-state index contributed by atoms with van der Waals surface area (Å²) >= 11 is 0. The summed E-state index contributed by atoms with van der Waals surface area (Å²) in [5.74, 6) is 0. The fraction of sp³-hybridized carbons (Fsp3) is 0.895. The van der Waals surface area contributed by atoms with Crippen molar-refractivity contribution < 1.29 is 24.8 Å². The van der Waals surface area contributed by atoms with Crippen LogP contribution in [0.1, 0.15) is 64.7 Å². The normalized spacial score (nSPS) is 25.6. The van der Waals surface area contributed by atoms with Gasteiger partial charge in [-0.2, -0.15) is 0 Å². The summed E-state index contributed by atoms with van der Waals surface area (Å²) in [5.41, 5.74) is 0. The summed E-state index contributed by atoms with van der Waals surface area (Å²) in [6, 6.07) is 0. The zero-order valence-corrected chi connectivity index (χ0v) is 15.1. The number of hydrogen-bond donors (Lipinski definition) is 3. The highest BCUT2D eigenvalue weighted by Gasteiger charge is 2.39. The number of rotatable bonds is 14. The van der Waals surface area contributed by atoms with Gasteiger partial charge in [-0.05, 0) is 32.1 Å². The topological polar surface area (TPSA) is 79.2 Å². The predicted octanol–water partition coefficient (Wildman–Crippen LogP) is 2.57. The van der Waals surface area contributed by atoms with Gasteiger partial charge in [0.2, 0.25) is 0 Å². The molecule has 1 saturated heterocycles. The summed E-state index contributed by atoms with van der Waals surface area (Å²) < 4.78 is 10.6. The number of aliphatic hydroxyl groups excluding tert-OH is 3. The van der Waals surface area contributed by atoms with E-state index in [1.54, 1.807) is 0 Å². The highest BCUT2D eigenvalue weighted by molar-refractivity contribution is 4.87. The smallest absolute Gasteiger partial charge is 0.114 e. The molecule has 0 spiro atoms. The van der Waals surface area contributed by atoms with Crippen LogP contribution in [-0.4, -0.2) is 59.6 Å². The van der Waals surface area contributed by atoms with Gasteiger partial charge in [0, 0.05) is 6.61 Å². The Kier molecular flexibility index (Phi) is 12.4. The van der Waals surface area contributed by atoms with E-state index in [0.717, 1.165) is 19.3 Å². The molecule has 3 N–H and O–H groups in total. The molecule has 24 heavy (non-hydrogen) atoms. The number of hydrogen-bond acceptors (Lipinski definition) is 5. The van der Waals surface area contributed by atoms with Gasteiger partial charge in [-0.15, -0.1) is 0 Å². The summed E-state index contributed by atoms with van der Waals surface area (Å²) in [6.45, 7) is 3.03. The van der Waals surface area contributed by atoms with Crippen molar-refractivity contribution in [2.24, 2.45) is 0 Å². The van der Waals surface area contributed by atoms with E-state index in [0.29, 0.717) is 6.61 Å². The lowest BCUT2D eigenvalue weighted by Gasteiger charge is -2.20. The average Bonchev–Trinajstić information content (AvgIpc) is 2.91. The van der Waals surface area contributed by atoms with Crippen LogP contribution < -0.4 is 0 Å². The zero-order chi connectivity index (χ0) is 17.6. The van der Waals surface area contributed by atoms with Gasteiger partial charge in [0.25, 0.3) is 0 Å². The molecule has 0 aromatic heterocycles. The maximum atomic E-state index is 9.89. The monoisotopic (exact) mass is 344 g/mol. The molecular formula is C19H36O5. The van der Waals surface area contributed by atoms with E-state index in [1.165, 1.54) is 38.5 Å². The molecule has 0 saturated carbocycles. The second kappa shape index (κ2) is 13.8. The molecule has 1 heterocycles. The standard InChI is InChI=1S/C19H36O5/c1-2-3-4-5-6-7-8-9-10-11-12-13-23-14-17(21)19-18(22)16(20)15-24-19/h6-7,16-22H,2-5,8-15H2,1H3/b7-6+/t16-,17+,18+,19+/m1/s1. The molecule has 142 valence electrons. The van der Waals surface area contributed by atoms with Crippen molar-refractivity contribution >= 4 is 0 Å². The van der Waals surface area contributed by atoms with Crippen LogP contribution in [-0.2, 0) is 9.47 Å². The molecule has 5 nitrogen and oxygen atoms in total. The van der Waals surface area contributed by atoms with Crippen LogP contribution in [0.25, 0.3) is 0 Å². The quantitative estimate of drug-likeness (QED) is 0.333. The average molecular weight is 344 g/mol. The van der Waals surface area contributed by atoms with E-state index in [4.69, 9.17) is 9.47 Å². The fourth-order valence-corrected chi connectivity index (χ4v) is 2.83. The predicted molar refractivity (Wildman–Crippen MR) is 94.9 cm³/mol. The first-order chi connectivity index (χ1) is 11.7. The lowest BCUT2D eigenvalue weighted by atomic mass is 10.1. The van der Waals surface area contributed by atoms with E-state index in [1.807, 2.05) is 0 Å². The van der Waals surface area contributed by atoms with Crippen LogP contribution in [0, 0.1) is 0 Å². The maximum Gasteiger partial charge on any atom is 0.114 e. The minimum absolute atomic E-state index is 0.0654. The molecule has 0 radical (unpaired) electrons.